The minimum atomic E-state index is -4.54. The Morgan fingerprint density at radius 3 is 0.950 bits per heavy atom. The molecule has 684 valence electrons. The zero-order valence-corrected chi connectivity index (χ0v) is 66.9. The standard InChI is InChI=1S/C7H5F3O4.2C7H12O4.C6H5FO4.2C6H10O4.C6H8O4.2C6H6O4.C5H8O4.C4H6O4.C4H6O3/c8-7(9,10)2-1-3-12-5-4-13-6(11)14-5;1-7(2,3)11-5-4-9-6(8)10-5;1-2-3-4-9-6-5-10-7(8)11-6;7-2-1-3-9-5-4-10-6(8)11-5;1-4(2)9-5-3-8-6(7)10-5;4*1-2-3-8-5-4-9-6(7)10-5;1-2-7-4-3-8-5(6)9-4;1-6-3-2-7-4(5)8-3;1-3-2-6-4(5)7-3/h5H,3-4H2;5H,4H2,1-3H3;6H,2-5H2,1H3;5H,3-4H2;4-5H,3H2,1-2H3;5H,2-4H2,1H3;2,5H,1,3-4H2;2*1,5H,3-4H2;4H,2-3H2,1H3;3H,2H2,1H3;3H,2H2,1H3. The predicted molar refractivity (Wildman–Crippen MR) is 373 cm³/mol. The van der Waals surface area contributed by atoms with Crippen molar-refractivity contribution in [1.29, 1.82) is 0 Å². The summed E-state index contributed by atoms with van der Waals surface area (Å²) in [5.74, 6) is 9.21. The Kier molecular flexibility index (Phi) is 56.4. The monoisotopic (exact) mass is 1760 g/mol. The van der Waals surface area contributed by atoms with Crippen molar-refractivity contribution in [2.24, 2.45) is 0 Å². The average molecular weight is 1760 g/mol. The van der Waals surface area contributed by atoms with Crippen LogP contribution in [0, 0.1) is 48.6 Å². The molecule has 12 fully saturated rings. The molecule has 47 nitrogen and oxygen atoms in total. The Labute approximate surface area is 688 Å². The Morgan fingerprint density at radius 1 is 0.405 bits per heavy atom. The summed E-state index contributed by atoms with van der Waals surface area (Å²) in [4.78, 5) is 123. The molecule has 0 aromatic rings. The minimum absolute atomic E-state index is 0.0345. The summed E-state index contributed by atoms with van der Waals surface area (Å²) in [6, 6.07) is 0. The van der Waals surface area contributed by atoms with E-state index in [9.17, 15) is 75.1 Å². The number of carbonyl (C=O) groups is 12. The SMILES string of the molecule is C#CCOC1COC(=O)O1.C#CCOC1COC(=O)O1.C=CCOC1COC(=O)O1.CC(C)(C)OC1COC(=O)O1.CC(C)OC1COC(=O)O1.CC1COC(=O)O1.CCCCOC1COC(=O)O1.CCCOC1COC(=O)O1.CCOC1COC(=O)O1.COC1COC(=O)O1.O=C1OCC(OCC#CC(F)(F)F)O1.O=C1OCC(OCC#CF)O1. The molecule has 0 N–H and O–H groups in total. The van der Waals surface area contributed by atoms with Gasteiger partial charge in [0.05, 0.1) is 31.5 Å². The fourth-order valence-electron chi connectivity index (χ4n) is 7.12. The summed E-state index contributed by atoms with van der Waals surface area (Å²) in [5.41, 5.74) is -0.307. The van der Waals surface area contributed by atoms with Crippen molar-refractivity contribution >= 4 is 73.9 Å². The first-order valence-corrected chi connectivity index (χ1v) is 35.5. The summed E-state index contributed by atoms with van der Waals surface area (Å²) < 4.78 is 207. The lowest BCUT2D eigenvalue weighted by atomic mass is 10.2. The molecular formula is C70H94F4O47. The average Bonchev–Trinajstić information content (AvgIpc) is 1.70. The highest BCUT2D eigenvalue weighted by atomic mass is 19.4. The van der Waals surface area contributed by atoms with Crippen LogP contribution >= 0.6 is 0 Å². The van der Waals surface area contributed by atoms with E-state index in [-0.39, 0.29) is 110 Å². The van der Waals surface area contributed by atoms with Gasteiger partial charge in [-0.25, -0.2) is 57.5 Å². The minimum Gasteiger partial charge on any atom is -0.430 e. The highest BCUT2D eigenvalue weighted by Gasteiger charge is 2.34. The van der Waals surface area contributed by atoms with Gasteiger partial charge in [-0.2, -0.15) is 13.2 Å². The van der Waals surface area contributed by atoms with E-state index in [1.807, 2.05) is 54.4 Å². The molecule has 12 aliphatic heterocycles. The second kappa shape index (κ2) is 63.5. The molecule has 0 aromatic heterocycles. The molecule has 0 spiro atoms. The van der Waals surface area contributed by atoms with Crippen LogP contribution in [0.3, 0.4) is 0 Å². The van der Waals surface area contributed by atoms with Crippen LogP contribution in [-0.2, 0) is 166 Å². The molecule has 12 aliphatic rings. The fourth-order valence-corrected chi connectivity index (χ4v) is 7.12. The lowest BCUT2D eigenvalue weighted by molar-refractivity contribution is -0.147. The van der Waals surface area contributed by atoms with E-state index in [2.05, 4.69) is 149 Å². The highest BCUT2D eigenvalue weighted by molar-refractivity contribution is 5.65. The van der Waals surface area contributed by atoms with Gasteiger partial charge >= 0.3 is 80.0 Å². The van der Waals surface area contributed by atoms with Crippen molar-refractivity contribution < 1.29 is 241 Å². The topological polar surface area (TPSA) is 528 Å². The van der Waals surface area contributed by atoms with Crippen LogP contribution in [0.5, 0.6) is 0 Å². The third kappa shape index (κ3) is 58.9. The van der Waals surface area contributed by atoms with E-state index in [1.54, 1.807) is 18.9 Å². The highest BCUT2D eigenvalue weighted by Crippen LogP contribution is 2.19. The molecule has 0 amide bonds. The van der Waals surface area contributed by atoms with Crippen molar-refractivity contribution in [3.05, 3.63) is 12.7 Å². The summed E-state index contributed by atoms with van der Waals surface area (Å²) in [5, 5.41) is 0. The van der Waals surface area contributed by atoms with E-state index in [0.29, 0.717) is 33.0 Å². The van der Waals surface area contributed by atoms with Gasteiger partial charge < -0.3 is 166 Å². The van der Waals surface area contributed by atoms with Crippen molar-refractivity contribution in [3.8, 4) is 48.6 Å². The molecule has 51 heteroatoms. The molecule has 0 aromatic carbocycles. The molecule has 0 aliphatic carbocycles. The quantitative estimate of drug-likeness (QED) is 0.0220. The van der Waals surface area contributed by atoms with Gasteiger partial charge in [-0.05, 0) is 67.2 Å². The number of cyclic esters (lactones) is 24. The van der Waals surface area contributed by atoms with Crippen molar-refractivity contribution in [3.63, 3.8) is 0 Å². The van der Waals surface area contributed by atoms with Gasteiger partial charge in [-0.3, -0.25) is 0 Å². The molecule has 12 rings (SSSR count). The van der Waals surface area contributed by atoms with Gasteiger partial charge in [0.2, 0.25) is 69.2 Å². The first kappa shape index (κ1) is 108. The molecule has 0 radical (unpaired) electrons. The Hall–Kier alpha value is -11.5. The van der Waals surface area contributed by atoms with Gasteiger partial charge in [0.25, 0.3) is 0 Å². The zero-order chi connectivity index (χ0) is 90.4. The number of rotatable bonds is 24. The number of hydrogen-bond donors (Lipinski definition) is 0. The summed E-state index contributed by atoms with van der Waals surface area (Å²) >= 11 is 0. The normalized spacial score (nSPS) is 23.9. The summed E-state index contributed by atoms with van der Waals surface area (Å²) in [6.45, 7) is 24.3. The van der Waals surface area contributed by atoms with Crippen molar-refractivity contribution in [2.75, 3.05) is 139 Å². The summed E-state index contributed by atoms with van der Waals surface area (Å²) in [7, 11) is 1.45. The number of methoxy groups -OCH3 is 1. The molecule has 0 saturated carbocycles. The smallest absolute Gasteiger partial charge is 0.430 e. The van der Waals surface area contributed by atoms with Crippen LogP contribution in [0.2, 0.25) is 0 Å². The number of halogens is 4. The number of carbonyl (C=O) groups excluding carboxylic acids is 12. The maximum absolute atomic E-state index is 11.5. The van der Waals surface area contributed by atoms with E-state index >= 15 is 0 Å². The zero-order valence-electron chi connectivity index (χ0n) is 66.9. The van der Waals surface area contributed by atoms with E-state index in [0.717, 1.165) is 31.4 Å². The molecule has 12 unspecified atom stereocenters. The lowest BCUT2D eigenvalue weighted by Crippen LogP contribution is -2.28. The van der Waals surface area contributed by atoms with Gasteiger partial charge in [-0.15, -0.1) is 23.8 Å². The van der Waals surface area contributed by atoms with E-state index in [1.165, 1.54) is 7.11 Å². The third-order valence-electron chi connectivity index (χ3n) is 11.9. The van der Waals surface area contributed by atoms with Crippen LogP contribution in [0.25, 0.3) is 0 Å². The number of unbranched alkanes of at least 4 members (excludes halogenated alkanes) is 1. The molecule has 12 heterocycles. The number of terminal acetylenes is 2. The Morgan fingerprint density at radius 2 is 0.702 bits per heavy atom. The van der Waals surface area contributed by atoms with Crippen LogP contribution < -0.4 is 0 Å². The molecule has 0 bridgehead atoms. The second-order valence-corrected chi connectivity index (χ2v) is 23.2. The fraction of sp³-hybridized carbons (Fsp3) is 0.686. The molecular weight excluding hydrogens is 1670 g/mol. The van der Waals surface area contributed by atoms with Gasteiger partial charge in [0.15, 0.2) is 72.7 Å². The predicted octanol–water partition coefficient (Wildman–Crippen LogP) is 8.01. The van der Waals surface area contributed by atoms with E-state index in [4.69, 9.17) is 55.5 Å². The Balaban J connectivity index is 0.000000662. The molecule has 12 atom stereocenters. The van der Waals surface area contributed by atoms with Gasteiger partial charge in [0.1, 0.15) is 45.3 Å². The first-order chi connectivity index (χ1) is 57.5. The molecule has 121 heavy (non-hydrogen) atoms. The van der Waals surface area contributed by atoms with Crippen molar-refractivity contribution in [2.45, 2.75) is 175 Å². The molecule has 12 saturated heterocycles. The largest absolute Gasteiger partial charge is 0.510 e. The maximum atomic E-state index is 11.5. The Bertz CT molecular complexity index is 3290. The van der Waals surface area contributed by atoms with Crippen LogP contribution in [-0.4, -0.2) is 306 Å². The van der Waals surface area contributed by atoms with Gasteiger partial charge in [-0.1, -0.05) is 44.1 Å². The van der Waals surface area contributed by atoms with Crippen LogP contribution in [0.1, 0.15) is 81.6 Å². The van der Waals surface area contributed by atoms with E-state index < -0.39 is 156 Å². The van der Waals surface area contributed by atoms with Crippen LogP contribution in [0.15, 0.2) is 12.7 Å². The number of ether oxygens (including phenoxy) is 35. The lowest BCUT2D eigenvalue weighted by Gasteiger charge is -2.21. The summed E-state index contributed by atoms with van der Waals surface area (Å²) in [6.07, 6.45) is -3.75. The maximum Gasteiger partial charge on any atom is 0.510 e. The van der Waals surface area contributed by atoms with Crippen molar-refractivity contribution in [1.82, 2.24) is 0 Å². The first-order valence-electron chi connectivity index (χ1n) is 35.5. The van der Waals surface area contributed by atoms with Gasteiger partial charge in [0, 0.05) is 19.6 Å². The van der Waals surface area contributed by atoms with Crippen LogP contribution in [0.4, 0.5) is 75.1 Å². The second-order valence-electron chi connectivity index (χ2n) is 23.2. The number of hydrogen-bond acceptors (Lipinski definition) is 47. The third-order valence-corrected chi connectivity index (χ3v) is 11.9. The number of alkyl halides is 3.